The minimum Gasteiger partial charge on any atom is -0.772 e. The molecule has 0 aliphatic rings. The summed E-state index contributed by atoms with van der Waals surface area (Å²) in [6.45, 7) is 3.74. The Bertz CT molecular complexity index is 427. The van der Waals surface area contributed by atoms with Gasteiger partial charge in [-0.05, 0) is 30.0 Å². The molecule has 5 heteroatoms. The normalized spacial score (nSPS) is 15.9. The number of aryl methyl sites for hydroxylation is 1. The van der Waals surface area contributed by atoms with Crippen LogP contribution in [0.3, 0.4) is 0 Å². The van der Waals surface area contributed by atoms with Gasteiger partial charge in [-0.25, -0.2) is 0 Å². The Morgan fingerprint density at radius 1 is 1.39 bits per heavy atom. The molecule has 4 nitrogen and oxygen atoms in total. The average molecular weight is 269 g/mol. The Hall–Kier alpha value is -1.20. The van der Waals surface area contributed by atoms with Gasteiger partial charge in [0.2, 0.25) is 0 Å². The van der Waals surface area contributed by atoms with Crippen molar-refractivity contribution in [2.75, 3.05) is 0 Å². The van der Waals surface area contributed by atoms with Crippen molar-refractivity contribution in [3.8, 4) is 0 Å². The van der Waals surface area contributed by atoms with Crippen molar-refractivity contribution in [2.24, 2.45) is 5.92 Å². The van der Waals surface area contributed by atoms with E-state index in [1.54, 1.807) is 24.3 Å². The fourth-order valence-corrected chi connectivity index (χ4v) is 2.85. The zero-order valence-corrected chi connectivity index (χ0v) is 11.3. The van der Waals surface area contributed by atoms with E-state index in [0.717, 1.165) is 5.56 Å². The second-order valence-electron chi connectivity index (χ2n) is 4.33. The second kappa shape index (κ2) is 6.66. The Morgan fingerprint density at radius 3 is 2.33 bits per heavy atom. The molecular formula is C13H17O4S-. The van der Waals surface area contributed by atoms with Crippen LogP contribution in [0.4, 0.5) is 0 Å². The monoisotopic (exact) mass is 269 g/mol. The van der Waals surface area contributed by atoms with E-state index in [1.807, 2.05) is 13.8 Å². The minimum absolute atomic E-state index is 0.349. The summed E-state index contributed by atoms with van der Waals surface area (Å²) in [7, 11) is 0. The smallest absolute Gasteiger partial charge is 0.308 e. The van der Waals surface area contributed by atoms with Crippen molar-refractivity contribution >= 4 is 17.0 Å². The molecule has 0 saturated carbocycles. The quantitative estimate of drug-likeness (QED) is 0.804. The van der Waals surface area contributed by atoms with Gasteiger partial charge in [0.15, 0.2) is 0 Å². The molecule has 18 heavy (non-hydrogen) atoms. The van der Waals surface area contributed by atoms with Gasteiger partial charge in [-0.2, -0.15) is 0 Å². The molecule has 3 atom stereocenters. The molecule has 0 aromatic heterocycles. The molecule has 1 N–H and O–H groups in total. The first-order chi connectivity index (χ1) is 8.47. The lowest BCUT2D eigenvalue weighted by molar-refractivity contribution is -0.142. The lowest BCUT2D eigenvalue weighted by atomic mass is 9.94. The van der Waals surface area contributed by atoms with Gasteiger partial charge in [0.05, 0.1) is 11.2 Å². The van der Waals surface area contributed by atoms with Crippen molar-refractivity contribution in [3.05, 3.63) is 35.4 Å². The molecule has 0 aliphatic heterocycles. The molecule has 1 aromatic rings. The molecule has 0 bridgehead atoms. The van der Waals surface area contributed by atoms with E-state index >= 15 is 0 Å². The topological polar surface area (TPSA) is 77.4 Å². The largest absolute Gasteiger partial charge is 0.772 e. The fraction of sp³-hybridized carbons (Fsp3) is 0.462. The van der Waals surface area contributed by atoms with E-state index in [2.05, 4.69) is 0 Å². The molecule has 0 heterocycles. The summed E-state index contributed by atoms with van der Waals surface area (Å²) in [5.41, 5.74) is 1.55. The van der Waals surface area contributed by atoms with Crippen LogP contribution in [-0.2, 0) is 15.9 Å². The molecule has 0 saturated heterocycles. The van der Waals surface area contributed by atoms with Crippen molar-refractivity contribution in [3.63, 3.8) is 0 Å². The van der Waals surface area contributed by atoms with Crippen LogP contribution in [0.15, 0.2) is 24.3 Å². The summed E-state index contributed by atoms with van der Waals surface area (Å²) < 4.78 is 22.7. The Morgan fingerprint density at radius 2 is 1.94 bits per heavy atom. The van der Waals surface area contributed by atoms with E-state index in [4.69, 9.17) is 5.11 Å². The van der Waals surface area contributed by atoms with Gasteiger partial charge in [0.1, 0.15) is 0 Å². The van der Waals surface area contributed by atoms with Crippen LogP contribution >= 0.6 is 0 Å². The van der Waals surface area contributed by atoms with Crippen LogP contribution in [-0.4, -0.2) is 19.8 Å². The first kappa shape index (κ1) is 14.9. The van der Waals surface area contributed by atoms with Gasteiger partial charge < -0.3 is 9.66 Å². The van der Waals surface area contributed by atoms with Gasteiger partial charge in [-0.3, -0.25) is 9.00 Å². The Labute approximate surface area is 109 Å². The predicted octanol–water partition coefficient (Wildman–Crippen LogP) is 2.42. The van der Waals surface area contributed by atoms with Crippen molar-refractivity contribution in [1.82, 2.24) is 0 Å². The summed E-state index contributed by atoms with van der Waals surface area (Å²) >= 11 is -2.44. The highest BCUT2D eigenvalue weighted by molar-refractivity contribution is 7.79. The summed E-state index contributed by atoms with van der Waals surface area (Å²) in [6, 6.07) is 6.95. The maximum absolute atomic E-state index is 11.3. The molecule has 3 unspecified atom stereocenters. The first-order valence-electron chi connectivity index (χ1n) is 5.84. The van der Waals surface area contributed by atoms with Crippen LogP contribution in [0, 0.1) is 12.8 Å². The highest BCUT2D eigenvalue weighted by Gasteiger charge is 2.29. The van der Waals surface area contributed by atoms with Gasteiger partial charge in [0.25, 0.3) is 0 Å². The third kappa shape index (κ3) is 3.65. The maximum Gasteiger partial charge on any atom is 0.308 e. The van der Waals surface area contributed by atoms with E-state index < -0.39 is 28.2 Å². The number of carboxylic acid groups (broad SMARTS) is 1. The summed E-state index contributed by atoms with van der Waals surface area (Å²) in [6.07, 6.45) is 0.985. The molecular weight excluding hydrogens is 252 g/mol. The number of carbonyl (C=O) groups is 1. The molecule has 0 fully saturated rings. The van der Waals surface area contributed by atoms with Crippen molar-refractivity contribution in [1.29, 1.82) is 0 Å². The van der Waals surface area contributed by atoms with Gasteiger partial charge in [0, 0.05) is 0 Å². The molecule has 1 aromatic carbocycles. The fourth-order valence-electron chi connectivity index (χ4n) is 1.95. The third-order valence-corrected chi connectivity index (χ3v) is 3.91. The third-order valence-electron chi connectivity index (χ3n) is 2.90. The minimum atomic E-state index is -2.44. The second-order valence-corrected chi connectivity index (χ2v) is 5.35. The van der Waals surface area contributed by atoms with Gasteiger partial charge in [-0.1, -0.05) is 43.2 Å². The van der Waals surface area contributed by atoms with Crippen molar-refractivity contribution < 1.29 is 18.7 Å². The first-order valence-corrected chi connectivity index (χ1v) is 6.98. The van der Waals surface area contributed by atoms with Gasteiger partial charge >= 0.3 is 5.97 Å². The zero-order valence-electron chi connectivity index (χ0n) is 10.5. The van der Waals surface area contributed by atoms with E-state index in [1.165, 1.54) is 0 Å². The summed E-state index contributed by atoms with van der Waals surface area (Å²) in [5.74, 6) is -1.96. The molecule has 0 spiro atoms. The van der Waals surface area contributed by atoms with E-state index in [-0.39, 0.29) is 0 Å². The number of aliphatic carboxylic acids is 1. The van der Waals surface area contributed by atoms with Crippen LogP contribution in [0.5, 0.6) is 0 Å². The number of hydrogen-bond acceptors (Lipinski definition) is 3. The zero-order chi connectivity index (χ0) is 13.7. The van der Waals surface area contributed by atoms with Gasteiger partial charge in [-0.15, -0.1) is 0 Å². The standard InChI is InChI=1S/C13H18O4S/c1-3-4-11(13(14)15)12(18(16)17)10-7-5-9(2)6-8-10/h5-8,11-12H,3-4H2,1-2H3,(H,14,15)(H,16,17)/p-1. The molecule has 100 valence electrons. The number of carboxylic acids is 1. The summed E-state index contributed by atoms with van der Waals surface area (Å²) in [4.78, 5) is 11.2. The van der Waals surface area contributed by atoms with Crippen molar-refractivity contribution in [2.45, 2.75) is 31.9 Å². The Balaban J connectivity index is 3.11. The summed E-state index contributed by atoms with van der Waals surface area (Å²) in [5, 5.41) is 8.18. The number of hydrogen-bond donors (Lipinski definition) is 1. The number of benzene rings is 1. The maximum atomic E-state index is 11.3. The molecule has 0 amide bonds. The van der Waals surface area contributed by atoms with E-state index in [0.29, 0.717) is 18.4 Å². The van der Waals surface area contributed by atoms with E-state index in [9.17, 15) is 13.6 Å². The average Bonchev–Trinajstić information content (AvgIpc) is 2.30. The lowest BCUT2D eigenvalue weighted by Gasteiger charge is -2.26. The molecule has 1 rings (SSSR count). The van der Waals surface area contributed by atoms with Crippen LogP contribution < -0.4 is 0 Å². The Kier molecular flexibility index (Phi) is 5.50. The lowest BCUT2D eigenvalue weighted by Crippen LogP contribution is -2.25. The van der Waals surface area contributed by atoms with Crippen LogP contribution in [0.2, 0.25) is 0 Å². The predicted molar refractivity (Wildman–Crippen MR) is 68.9 cm³/mol. The van der Waals surface area contributed by atoms with Crippen LogP contribution in [0.1, 0.15) is 36.1 Å². The number of rotatable bonds is 6. The molecule has 0 radical (unpaired) electrons. The highest BCUT2D eigenvalue weighted by atomic mass is 32.2. The highest BCUT2D eigenvalue weighted by Crippen LogP contribution is 2.31. The SMILES string of the molecule is CCCC(C(=O)O)C(c1ccc(C)cc1)S(=O)[O-]. The molecule has 0 aliphatic carbocycles. The van der Waals surface area contributed by atoms with Crippen LogP contribution in [0.25, 0.3) is 0 Å².